The highest BCUT2D eigenvalue weighted by atomic mass is 32.2. The molecule has 0 aliphatic rings. The van der Waals surface area contributed by atoms with E-state index in [-0.39, 0.29) is 0 Å². The predicted octanol–water partition coefficient (Wildman–Crippen LogP) is 4.11. The van der Waals surface area contributed by atoms with E-state index in [1.807, 2.05) is 11.8 Å². The number of hydrogen-bond donors (Lipinski definition) is 2. The molecule has 0 atom stereocenters. The van der Waals surface area contributed by atoms with Crippen molar-refractivity contribution < 1.29 is 0 Å². The summed E-state index contributed by atoms with van der Waals surface area (Å²) in [5, 5.41) is 6.91. The third-order valence-corrected chi connectivity index (χ3v) is 3.97. The fourth-order valence-electron chi connectivity index (χ4n) is 2.06. The maximum Gasteiger partial charge on any atom is 0.134 e. The van der Waals surface area contributed by atoms with Crippen LogP contribution in [0.1, 0.15) is 50.9 Å². The molecule has 1 aromatic heterocycles. The average molecular weight is 311 g/mol. The van der Waals surface area contributed by atoms with Crippen LogP contribution in [0.5, 0.6) is 0 Å². The smallest absolute Gasteiger partial charge is 0.134 e. The predicted molar refractivity (Wildman–Crippen MR) is 95.7 cm³/mol. The Morgan fingerprint density at radius 2 is 1.62 bits per heavy atom. The van der Waals surface area contributed by atoms with Gasteiger partial charge in [-0.2, -0.15) is 11.8 Å². The van der Waals surface area contributed by atoms with Crippen molar-refractivity contribution >= 4 is 23.4 Å². The molecule has 0 amide bonds. The minimum Gasteiger partial charge on any atom is -0.370 e. The molecule has 21 heavy (non-hydrogen) atoms. The van der Waals surface area contributed by atoms with Gasteiger partial charge in [0.25, 0.3) is 0 Å². The first kappa shape index (κ1) is 18.1. The van der Waals surface area contributed by atoms with E-state index < -0.39 is 0 Å². The number of anilines is 2. The topological polar surface area (TPSA) is 49.8 Å². The molecule has 120 valence electrons. The lowest BCUT2D eigenvalue weighted by atomic mass is 10.2. The van der Waals surface area contributed by atoms with E-state index in [1.165, 1.54) is 18.6 Å². The highest BCUT2D eigenvalue weighted by Crippen LogP contribution is 2.20. The van der Waals surface area contributed by atoms with Crippen molar-refractivity contribution in [2.45, 2.75) is 52.9 Å². The number of hydrogen-bond acceptors (Lipinski definition) is 5. The Bertz CT molecular complexity index is 410. The Morgan fingerprint density at radius 1 is 0.952 bits per heavy atom. The molecule has 0 fully saturated rings. The van der Waals surface area contributed by atoms with Crippen molar-refractivity contribution in [2.24, 2.45) is 0 Å². The van der Waals surface area contributed by atoms with E-state index in [1.54, 1.807) is 0 Å². The van der Waals surface area contributed by atoms with Crippen molar-refractivity contribution in [1.29, 1.82) is 0 Å². The van der Waals surface area contributed by atoms with Crippen molar-refractivity contribution in [3.8, 4) is 0 Å². The highest BCUT2D eigenvalue weighted by molar-refractivity contribution is 7.98. The lowest BCUT2D eigenvalue weighted by Crippen LogP contribution is -2.12. The molecular formula is C16H30N4S. The van der Waals surface area contributed by atoms with Crippen LogP contribution in [0.3, 0.4) is 0 Å². The largest absolute Gasteiger partial charge is 0.370 e. The average Bonchev–Trinajstić information content (AvgIpc) is 2.48. The molecule has 2 N–H and O–H groups in total. The summed E-state index contributed by atoms with van der Waals surface area (Å²) < 4.78 is 0. The Labute approximate surface area is 133 Å². The summed E-state index contributed by atoms with van der Waals surface area (Å²) >= 11 is 1.91. The summed E-state index contributed by atoms with van der Waals surface area (Å²) in [5.74, 6) is 4.15. The molecule has 0 aliphatic heterocycles. The summed E-state index contributed by atoms with van der Waals surface area (Å²) in [6, 6.07) is 0. The van der Waals surface area contributed by atoms with Crippen molar-refractivity contribution in [3.05, 3.63) is 11.4 Å². The van der Waals surface area contributed by atoms with Crippen molar-refractivity contribution in [1.82, 2.24) is 9.97 Å². The molecular weight excluding hydrogens is 280 g/mol. The molecule has 1 heterocycles. The molecule has 0 spiro atoms. The van der Waals surface area contributed by atoms with Gasteiger partial charge in [-0.15, -0.1) is 0 Å². The highest BCUT2D eigenvalue weighted by Gasteiger charge is 2.10. The number of rotatable bonds is 11. The minimum atomic E-state index is 0.933. The second kappa shape index (κ2) is 10.7. The molecule has 0 saturated heterocycles. The maximum atomic E-state index is 4.68. The maximum absolute atomic E-state index is 4.68. The van der Waals surface area contributed by atoms with Crippen molar-refractivity contribution in [3.63, 3.8) is 0 Å². The Kier molecular flexibility index (Phi) is 9.22. The van der Waals surface area contributed by atoms with Gasteiger partial charge in [0.2, 0.25) is 0 Å². The molecule has 0 saturated carbocycles. The van der Waals surface area contributed by atoms with Gasteiger partial charge >= 0.3 is 0 Å². The number of aryl methyl sites for hydroxylation is 1. The van der Waals surface area contributed by atoms with Crippen LogP contribution in [0.15, 0.2) is 0 Å². The standard InChI is InChI=1S/C16H30N4S/c1-5-9-14-19-15(17-10-6-2)13(3)16(20-14)18-11-7-8-12-21-4/h5-12H2,1-4H3,(H2,17,18,19,20). The van der Waals surface area contributed by atoms with E-state index in [0.717, 1.165) is 55.4 Å². The zero-order valence-corrected chi connectivity index (χ0v) is 14.8. The van der Waals surface area contributed by atoms with E-state index in [0.29, 0.717) is 0 Å². The van der Waals surface area contributed by atoms with Crippen LogP contribution in [-0.2, 0) is 6.42 Å². The van der Waals surface area contributed by atoms with E-state index >= 15 is 0 Å². The van der Waals surface area contributed by atoms with Crippen LogP contribution in [0.25, 0.3) is 0 Å². The van der Waals surface area contributed by atoms with Gasteiger partial charge in [-0.3, -0.25) is 0 Å². The summed E-state index contributed by atoms with van der Waals surface area (Å²) in [6.45, 7) is 8.37. The summed E-state index contributed by atoms with van der Waals surface area (Å²) in [5.41, 5.74) is 1.13. The monoisotopic (exact) mass is 310 g/mol. The first-order valence-corrected chi connectivity index (χ1v) is 9.46. The fraction of sp³-hybridized carbons (Fsp3) is 0.750. The second-order valence-electron chi connectivity index (χ2n) is 5.27. The van der Waals surface area contributed by atoms with Gasteiger partial charge in [0.15, 0.2) is 0 Å². The SMILES string of the molecule is CCCNc1nc(CCC)nc(NCCCCSC)c1C. The lowest BCUT2D eigenvalue weighted by molar-refractivity contribution is 0.812. The molecule has 0 unspecified atom stereocenters. The normalized spacial score (nSPS) is 10.7. The van der Waals surface area contributed by atoms with Crippen molar-refractivity contribution in [2.75, 3.05) is 35.7 Å². The van der Waals surface area contributed by atoms with Gasteiger partial charge in [-0.1, -0.05) is 13.8 Å². The van der Waals surface area contributed by atoms with E-state index in [9.17, 15) is 0 Å². The van der Waals surface area contributed by atoms with Gasteiger partial charge < -0.3 is 10.6 Å². The number of nitrogens with one attached hydrogen (secondary N) is 2. The van der Waals surface area contributed by atoms with Gasteiger partial charge in [0.1, 0.15) is 17.5 Å². The lowest BCUT2D eigenvalue weighted by Gasteiger charge is -2.15. The molecule has 0 bridgehead atoms. The quantitative estimate of drug-likeness (QED) is 0.602. The fourth-order valence-corrected chi connectivity index (χ4v) is 2.56. The van der Waals surface area contributed by atoms with Gasteiger partial charge in [-0.25, -0.2) is 9.97 Å². The van der Waals surface area contributed by atoms with Crippen LogP contribution in [-0.4, -0.2) is 35.1 Å². The zero-order valence-electron chi connectivity index (χ0n) is 14.0. The number of nitrogens with zero attached hydrogens (tertiary/aromatic N) is 2. The van der Waals surface area contributed by atoms with Crippen LogP contribution < -0.4 is 10.6 Å². The Balaban J connectivity index is 2.72. The van der Waals surface area contributed by atoms with Gasteiger partial charge in [0.05, 0.1) is 0 Å². The third kappa shape index (κ3) is 6.55. The molecule has 1 rings (SSSR count). The van der Waals surface area contributed by atoms with E-state index in [4.69, 9.17) is 0 Å². The summed E-state index contributed by atoms with van der Waals surface area (Å²) in [6.07, 6.45) is 7.70. The number of thioether (sulfide) groups is 1. The molecule has 4 nitrogen and oxygen atoms in total. The minimum absolute atomic E-state index is 0.933. The van der Waals surface area contributed by atoms with E-state index in [2.05, 4.69) is 47.6 Å². The zero-order chi connectivity index (χ0) is 15.5. The molecule has 0 aromatic carbocycles. The summed E-state index contributed by atoms with van der Waals surface area (Å²) in [7, 11) is 0. The molecule has 0 radical (unpaired) electrons. The number of unbranched alkanes of at least 4 members (excludes halogenated alkanes) is 1. The third-order valence-electron chi connectivity index (χ3n) is 3.28. The van der Waals surface area contributed by atoms with Crippen LogP contribution in [0.4, 0.5) is 11.6 Å². The number of aromatic nitrogens is 2. The Morgan fingerprint density at radius 3 is 2.19 bits per heavy atom. The first-order valence-electron chi connectivity index (χ1n) is 8.07. The second-order valence-corrected chi connectivity index (χ2v) is 6.25. The van der Waals surface area contributed by atoms with Gasteiger partial charge in [0, 0.05) is 25.1 Å². The van der Waals surface area contributed by atoms with Crippen LogP contribution >= 0.6 is 11.8 Å². The molecule has 1 aromatic rings. The van der Waals surface area contributed by atoms with Crippen LogP contribution in [0, 0.1) is 6.92 Å². The molecule has 0 aliphatic carbocycles. The summed E-state index contributed by atoms with van der Waals surface area (Å²) in [4.78, 5) is 9.33. The first-order chi connectivity index (χ1) is 10.2. The van der Waals surface area contributed by atoms with Gasteiger partial charge in [-0.05, 0) is 44.6 Å². The van der Waals surface area contributed by atoms with Crippen LogP contribution in [0.2, 0.25) is 0 Å². The Hall–Kier alpha value is -0.970. The molecule has 5 heteroatoms.